The Kier molecular flexibility index (Phi) is 6.53. The third-order valence-electron chi connectivity index (χ3n) is 3.19. The van der Waals surface area contributed by atoms with E-state index in [9.17, 15) is 4.79 Å². The number of methoxy groups -OCH3 is 1. The molecule has 0 saturated carbocycles. The van der Waals surface area contributed by atoms with Gasteiger partial charge >= 0.3 is 0 Å². The van der Waals surface area contributed by atoms with Crippen molar-refractivity contribution in [3.63, 3.8) is 0 Å². The van der Waals surface area contributed by atoms with E-state index in [-0.39, 0.29) is 12.0 Å². The van der Waals surface area contributed by atoms with Crippen LogP contribution in [0.1, 0.15) is 24.5 Å². The highest BCUT2D eigenvalue weighted by Crippen LogP contribution is 2.10. The lowest BCUT2D eigenvalue weighted by Crippen LogP contribution is -2.35. The first-order valence-electron chi connectivity index (χ1n) is 6.66. The van der Waals surface area contributed by atoms with Gasteiger partial charge in [0.25, 0.3) is 0 Å². The molecule has 1 aromatic rings. The summed E-state index contributed by atoms with van der Waals surface area (Å²) in [4.78, 5) is 14.0. The Hall–Kier alpha value is -1.39. The molecule has 0 spiro atoms. The van der Waals surface area contributed by atoms with Crippen molar-refractivity contribution in [3.05, 3.63) is 35.4 Å². The highest BCUT2D eigenvalue weighted by Gasteiger charge is 2.17. The lowest BCUT2D eigenvalue weighted by atomic mass is 10.1. The summed E-state index contributed by atoms with van der Waals surface area (Å²) in [6.45, 7) is 5.73. The molecular weight excluding hydrogens is 240 g/mol. The number of hydrogen-bond donors (Lipinski definition) is 1. The van der Waals surface area contributed by atoms with Gasteiger partial charge in [-0.2, -0.15) is 0 Å². The third kappa shape index (κ3) is 5.01. The molecule has 0 bridgehead atoms. The summed E-state index contributed by atoms with van der Waals surface area (Å²) in [6.07, 6.45) is 0.145. The van der Waals surface area contributed by atoms with Gasteiger partial charge in [-0.15, -0.1) is 0 Å². The molecule has 0 aromatic heterocycles. The topological polar surface area (TPSA) is 55.6 Å². The summed E-state index contributed by atoms with van der Waals surface area (Å²) >= 11 is 0. The highest BCUT2D eigenvalue weighted by atomic mass is 16.5. The third-order valence-corrected chi connectivity index (χ3v) is 3.19. The van der Waals surface area contributed by atoms with Crippen LogP contribution < -0.4 is 5.73 Å². The molecule has 0 fully saturated rings. The van der Waals surface area contributed by atoms with Gasteiger partial charge in [0.15, 0.2) is 0 Å². The van der Waals surface area contributed by atoms with E-state index in [4.69, 9.17) is 10.5 Å². The van der Waals surface area contributed by atoms with Crippen LogP contribution in [-0.2, 0) is 16.1 Å². The Morgan fingerprint density at radius 1 is 1.47 bits per heavy atom. The predicted octanol–water partition coefficient (Wildman–Crippen LogP) is 1.71. The maximum Gasteiger partial charge on any atom is 0.225 e. The first kappa shape index (κ1) is 15.7. The lowest BCUT2D eigenvalue weighted by Gasteiger charge is -2.23. The van der Waals surface area contributed by atoms with Crippen molar-refractivity contribution in [2.45, 2.75) is 32.9 Å². The minimum absolute atomic E-state index is 0.0845. The van der Waals surface area contributed by atoms with Crippen LogP contribution in [0.5, 0.6) is 0 Å². The van der Waals surface area contributed by atoms with E-state index in [0.717, 1.165) is 5.56 Å². The molecule has 2 N–H and O–H groups in total. The van der Waals surface area contributed by atoms with Crippen LogP contribution in [0.15, 0.2) is 24.3 Å². The molecular formula is C15H24N2O2. The average Bonchev–Trinajstić information content (AvgIpc) is 2.41. The van der Waals surface area contributed by atoms with Crippen LogP contribution in [0.4, 0.5) is 0 Å². The first-order valence-corrected chi connectivity index (χ1v) is 6.66. The smallest absolute Gasteiger partial charge is 0.225 e. The van der Waals surface area contributed by atoms with Gasteiger partial charge in [-0.25, -0.2) is 0 Å². The van der Waals surface area contributed by atoms with Crippen LogP contribution in [0.25, 0.3) is 0 Å². The fourth-order valence-corrected chi connectivity index (χ4v) is 1.99. The largest absolute Gasteiger partial charge is 0.380 e. The fourth-order valence-electron chi connectivity index (χ4n) is 1.99. The summed E-state index contributed by atoms with van der Waals surface area (Å²) in [5.41, 5.74) is 7.91. The SMILES string of the molecule is CCN(Cc1cccc(C)c1)C(=O)CC(CN)OC. The number of carbonyl (C=O) groups is 1. The fraction of sp³-hybridized carbons (Fsp3) is 0.533. The number of benzene rings is 1. The quantitative estimate of drug-likeness (QED) is 0.815. The molecule has 4 nitrogen and oxygen atoms in total. The maximum atomic E-state index is 12.2. The highest BCUT2D eigenvalue weighted by molar-refractivity contribution is 5.76. The molecule has 0 aliphatic heterocycles. The van der Waals surface area contributed by atoms with Gasteiger partial charge in [-0.1, -0.05) is 29.8 Å². The number of amides is 1. The zero-order valence-corrected chi connectivity index (χ0v) is 12.1. The monoisotopic (exact) mass is 264 g/mol. The summed E-state index contributed by atoms with van der Waals surface area (Å²) in [5, 5.41) is 0. The van der Waals surface area contributed by atoms with E-state index < -0.39 is 0 Å². The molecule has 19 heavy (non-hydrogen) atoms. The standard InChI is InChI=1S/C15H24N2O2/c1-4-17(15(18)9-14(10-16)19-3)11-13-7-5-6-12(2)8-13/h5-8,14H,4,9-11,16H2,1-3H3. The summed E-state index contributed by atoms with van der Waals surface area (Å²) in [6, 6.07) is 8.21. The Morgan fingerprint density at radius 2 is 2.21 bits per heavy atom. The zero-order valence-electron chi connectivity index (χ0n) is 12.1. The predicted molar refractivity (Wildman–Crippen MR) is 76.7 cm³/mol. The number of nitrogens with two attached hydrogens (primary N) is 1. The van der Waals surface area contributed by atoms with Crippen molar-refractivity contribution in [1.29, 1.82) is 0 Å². The number of ether oxygens (including phenoxy) is 1. The van der Waals surface area contributed by atoms with Crippen molar-refractivity contribution < 1.29 is 9.53 Å². The van der Waals surface area contributed by atoms with Gasteiger partial charge in [0.05, 0.1) is 12.5 Å². The van der Waals surface area contributed by atoms with E-state index >= 15 is 0 Å². The summed E-state index contributed by atoms with van der Waals surface area (Å²) < 4.78 is 5.16. The van der Waals surface area contributed by atoms with Crippen LogP contribution >= 0.6 is 0 Å². The van der Waals surface area contributed by atoms with E-state index in [0.29, 0.717) is 26.1 Å². The van der Waals surface area contributed by atoms with Crippen LogP contribution in [-0.4, -0.2) is 37.1 Å². The van der Waals surface area contributed by atoms with E-state index in [1.165, 1.54) is 5.56 Å². The Labute approximate surface area is 115 Å². The molecule has 1 rings (SSSR count). The van der Waals surface area contributed by atoms with Crippen LogP contribution in [0.2, 0.25) is 0 Å². The van der Waals surface area contributed by atoms with Gasteiger partial charge in [-0.3, -0.25) is 4.79 Å². The Balaban J connectivity index is 2.64. The van der Waals surface area contributed by atoms with Crippen molar-refractivity contribution in [2.75, 3.05) is 20.2 Å². The van der Waals surface area contributed by atoms with Crippen molar-refractivity contribution in [1.82, 2.24) is 4.90 Å². The average molecular weight is 264 g/mol. The van der Waals surface area contributed by atoms with Gasteiger partial charge in [-0.05, 0) is 19.4 Å². The second-order valence-electron chi connectivity index (χ2n) is 4.69. The molecule has 1 aromatic carbocycles. The second-order valence-corrected chi connectivity index (χ2v) is 4.69. The molecule has 1 amide bonds. The zero-order chi connectivity index (χ0) is 14.3. The normalized spacial score (nSPS) is 12.2. The van der Waals surface area contributed by atoms with Gasteiger partial charge in [0, 0.05) is 26.7 Å². The molecule has 4 heteroatoms. The lowest BCUT2D eigenvalue weighted by molar-refractivity contribution is -0.134. The van der Waals surface area contributed by atoms with Gasteiger partial charge < -0.3 is 15.4 Å². The molecule has 0 heterocycles. The van der Waals surface area contributed by atoms with E-state index in [1.54, 1.807) is 7.11 Å². The van der Waals surface area contributed by atoms with Crippen molar-refractivity contribution in [2.24, 2.45) is 5.73 Å². The van der Waals surface area contributed by atoms with Crippen LogP contribution in [0.3, 0.4) is 0 Å². The Bertz CT molecular complexity index is 403. The first-order chi connectivity index (χ1) is 9.10. The molecule has 0 aliphatic rings. The number of rotatable bonds is 7. The molecule has 0 saturated heterocycles. The second kappa shape index (κ2) is 7.92. The Morgan fingerprint density at radius 3 is 2.74 bits per heavy atom. The van der Waals surface area contributed by atoms with Crippen LogP contribution in [0, 0.1) is 6.92 Å². The molecule has 1 unspecified atom stereocenters. The van der Waals surface area contributed by atoms with Gasteiger partial charge in [0.2, 0.25) is 5.91 Å². The molecule has 1 atom stereocenters. The minimum Gasteiger partial charge on any atom is -0.380 e. The number of carbonyl (C=O) groups excluding carboxylic acids is 1. The summed E-state index contributed by atoms with van der Waals surface area (Å²) in [5.74, 6) is 0.0845. The number of hydrogen-bond acceptors (Lipinski definition) is 3. The van der Waals surface area contributed by atoms with E-state index in [1.807, 2.05) is 24.0 Å². The summed E-state index contributed by atoms with van der Waals surface area (Å²) in [7, 11) is 1.58. The molecule has 0 aliphatic carbocycles. The van der Waals surface area contributed by atoms with Crippen molar-refractivity contribution in [3.8, 4) is 0 Å². The van der Waals surface area contributed by atoms with E-state index in [2.05, 4.69) is 19.1 Å². The van der Waals surface area contributed by atoms with Gasteiger partial charge in [0.1, 0.15) is 0 Å². The minimum atomic E-state index is -0.195. The molecule has 106 valence electrons. The maximum absolute atomic E-state index is 12.2. The molecule has 0 radical (unpaired) electrons. The number of aryl methyl sites for hydroxylation is 1. The van der Waals surface area contributed by atoms with Crippen molar-refractivity contribution >= 4 is 5.91 Å². The number of nitrogens with zero attached hydrogens (tertiary/aromatic N) is 1.